The summed E-state index contributed by atoms with van der Waals surface area (Å²) in [5.74, 6) is 0.457. The van der Waals surface area contributed by atoms with E-state index in [4.69, 9.17) is 14.5 Å². The molecule has 0 aromatic carbocycles. The van der Waals surface area contributed by atoms with Crippen LogP contribution in [0.3, 0.4) is 0 Å². The van der Waals surface area contributed by atoms with Crippen molar-refractivity contribution < 1.29 is 14.5 Å². The third-order valence-corrected chi connectivity index (χ3v) is 3.93. The molecule has 3 nitrogen and oxygen atoms in total. The lowest BCUT2D eigenvalue weighted by Crippen LogP contribution is -2.46. The fourth-order valence-corrected chi connectivity index (χ4v) is 2.46. The van der Waals surface area contributed by atoms with E-state index in [9.17, 15) is 0 Å². The second kappa shape index (κ2) is 8.13. The van der Waals surface area contributed by atoms with Crippen LogP contribution in [-0.4, -0.2) is 24.9 Å². The predicted octanol–water partition coefficient (Wildman–Crippen LogP) is 4.35. The molecule has 3 heteroatoms. The molecule has 0 heterocycles. The molecule has 0 amide bonds. The number of hydrogen-bond acceptors (Lipinski definition) is 3. The quantitative estimate of drug-likeness (QED) is 0.431. The highest BCUT2D eigenvalue weighted by atomic mass is 17.2. The van der Waals surface area contributed by atoms with Crippen molar-refractivity contribution in [3.8, 4) is 0 Å². The Kier molecular flexibility index (Phi) is 8.08. The molecule has 0 fully saturated rings. The van der Waals surface area contributed by atoms with Crippen molar-refractivity contribution in [3.63, 3.8) is 0 Å². The first kappa shape index (κ1) is 17.9. The Balaban J connectivity index is 4.90. The Morgan fingerprint density at radius 3 is 2.06 bits per heavy atom. The van der Waals surface area contributed by atoms with Gasteiger partial charge in [-0.25, -0.2) is 9.78 Å². The van der Waals surface area contributed by atoms with Crippen molar-refractivity contribution in [2.45, 2.75) is 78.4 Å². The highest BCUT2D eigenvalue weighted by Crippen LogP contribution is 2.38. The van der Waals surface area contributed by atoms with Gasteiger partial charge in [-0.3, -0.25) is 0 Å². The van der Waals surface area contributed by atoms with Crippen LogP contribution in [0.4, 0.5) is 0 Å². The van der Waals surface area contributed by atoms with Crippen molar-refractivity contribution in [2.75, 3.05) is 13.7 Å². The van der Waals surface area contributed by atoms with Gasteiger partial charge in [-0.05, 0) is 32.6 Å². The van der Waals surface area contributed by atoms with E-state index < -0.39 is 0 Å². The van der Waals surface area contributed by atoms with E-state index in [1.54, 1.807) is 0 Å². The molecule has 0 bridgehead atoms. The Bertz CT molecular complexity index is 218. The monoisotopic (exact) mass is 260 g/mol. The summed E-state index contributed by atoms with van der Waals surface area (Å²) in [6.45, 7) is 13.4. The van der Waals surface area contributed by atoms with E-state index in [0.717, 1.165) is 25.7 Å². The Morgan fingerprint density at radius 1 is 1.11 bits per heavy atom. The zero-order chi connectivity index (χ0) is 14.2. The van der Waals surface area contributed by atoms with Crippen LogP contribution >= 0.6 is 0 Å². The molecule has 2 atom stereocenters. The normalized spacial score (nSPS) is 18.7. The molecule has 0 aliphatic carbocycles. The summed E-state index contributed by atoms with van der Waals surface area (Å²) in [4.78, 5) is 10.8. The second-order valence-electron chi connectivity index (χ2n) is 5.64. The summed E-state index contributed by atoms with van der Waals surface area (Å²) in [6, 6.07) is 0. The molecule has 0 saturated carbocycles. The van der Waals surface area contributed by atoms with Crippen LogP contribution in [-0.2, 0) is 14.5 Å². The maximum Gasteiger partial charge on any atom is 0.103 e. The Morgan fingerprint density at radius 2 is 1.72 bits per heavy atom. The average Bonchev–Trinajstić information content (AvgIpc) is 2.35. The van der Waals surface area contributed by atoms with Gasteiger partial charge in [0.05, 0.1) is 12.2 Å². The first-order valence-electron chi connectivity index (χ1n) is 7.25. The maximum absolute atomic E-state index is 5.88. The summed E-state index contributed by atoms with van der Waals surface area (Å²) >= 11 is 0. The number of ether oxygens (including phenoxy) is 1. The van der Waals surface area contributed by atoms with Gasteiger partial charge in [-0.15, -0.1) is 0 Å². The predicted molar refractivity (Wildman–Crippen MR) is 75.5 cm³/mol. The van der Waals surface area contributed by atoms with Gasteiger partial charge in [0.25, 0.3) is 0 Å². The van der Waals surface area contributed by atoms with Crippen LogP contribution in [0.1, 0.15) is 67.2 Å². The molecule has 0 saturated heterocycles. The lowest BCUT2D eigenvalue weighted by Gasteiger charge is -2.42. The lowest BCUT2D eigenvalue weighted by molar-refractivity contribution is -0.364. The van der Waals surface area contributed by atoms with Gasteiger partial charge in [0.2, 0.25) is 0 Å². The van der Waals surface area contributed by atoms with E-state index >= 15 is 0 Å². The fourth-order valence-electron chi connectivity index (χ4n) is 2.46. The van der Waals surface area contributed by atoms with Crippen LogP contribution in [0.25, 0.3) is 0 Å². The largest absolute Gasteiger partial charge is 0.378 e. The summed E-state index contributed by atoms with van der Waals surface area (Å²) in [6.07, 6.45) is 3.93. The first-order chi connectivity index (χ1) is 8.39. The van der Waals surface area contributed by atoms with Gasteiger partial charge in [0.1, 0.15) is 5.60 Å². The number of methoxy groups -OCH3 is 1. The van der Waals surface area contributed by atoms with Gasteiger partial charge in [0, 0.05) is 13.5 Å². The molecular formula is C15H32O3. The third kappa shape index (κ3) is 4.87. The highest BCUT2D eigenvalue weighted by Gasteiger charge is 2.41. The second-order valence-corrected chi connectivity index (χ2v) is 5.64. The maximum atomic E-state index is 5.88. The van der Waals surface area contributed by atoms with Crippen LogP contribution in [0.5, 0.6) is 0 Å². The summed E-state index contributed by atoms with van der Waals surface area (Å²) in [7, 11) is 1.81. The van der Waals surface area contributed by atoms with E-state index in [1.165, 1.54) is 0 Å². The first-order valence-corrected chi connectivity index (χ1v) is 7.25. The molecule has 18 heavy (non-hydrogen) atoms. The van der Waals surface area contributed by atoms with Crippen molar-refractivity contribution in [3.05, 3.63) is 0 Å². The number of rotatable bonds is 10. The van der Waals surface area contributed by atoms with Gasteiger partial charge >= 0.3 is 0 Å². The standard InChI is InChI=1S/C15H32O3/c1-8-11-15(16-7,13(4)5)12-14(6,9-2)18-17-10-3/h13H,8-12H2,1-7H3. The molecular weight excluding hydrogens is 228 g/mol. The SMILES string of the molecule is CCCC(CC(C)(CC)OOCC)(OC)C(C)C. The van der Waals surface area contributed by atoms with Crippen LogP contribution < -0.4 is 0 Å². The van der Waals surface area contributed by atoms with Crippen molar-refractivity contribution in [1.29, 1.82) is 0 Å². The van der Waals surface area contributed by atoms with Crippen molar-refractivity contribution in [2.24, 2.45) is 5.92 Å². The minimum Gasteiger partial charge on any atom is -0.378 e. The molecule has 0 rings (SSSR count). The molecule has 0 spiro atoms. The van der Waals surface area contributed by atoms with Crippen LogP contribution in [0.15, 0.2) is 0 Å². The summed E-state index contributed by atoms with van der Waals surface area (Å²) < 4.78 is 5.88. The van der Waals surface area contributed by atoms with E-state index in [-0.39, 0.29) is 11.2 Å². The third-order valence-electron chi connectivity index (χ3n) is 3.93. The Hall–Kier alpha value is -0.120. The Labute approximate surface area is 113 Å². The minimum absolute atomic E-state index is 0.128. The highest BCUT2D eigenvalue weighted by molar-refractivity contribution is 4.91. The van der Waals surface area contributed by atoms with Gasteiger partial charge in [0.15, 0.2) is 0 Å². The van der Waals surface area contributed by atoms with Crippen molar-refractivity contribution >= 4 is 0 Å². The van der Waals surface area contributed by atoms with Crippen molar-refractivity contribution in [1.82, 2.24) is 0 Å². The molecule has 2 unspecified atom stereocenters. The van der Waals surface area contributed by atoms with E-state index in [0.29, 0.717) is 12.5 Å². The molecule has 0 radical (unpaired) electrons. The number of hydrogen-bond donors (Lipinski definition) is 0. The van der Waals surface area contributed by atoms with E-state index in [1.807, 2.05) is 14.0 Å². The molecule has 0 N–H and O–H groups in total. The van der Waals surface area contributed by atoms with E-state index in [2.05, 4.69) is 34.6 Å². The fraction of sp³-hybridized carbons (Fsp3) is 1.00. The average molecular weight is 260 g/mol. The molecule has 0 aliphatic rings. The molecule has 0 aliphatic heterocycles. The van der Waals surface area contributed by atoms with Crippen LogP contribution in [0.2, 0.25) is 0 Å². The zero-order valence-electron chi connectivity index (χ0n) is 13.3. The van der Waals surface area contributed by atoms with Gasteiger partial charge < -0.3 is 4.74 Å². The minimum atomic E-state index is -0.286. The lowest BCUT2D eigenvalue weighted by atomic mass is 9.76. The van der Waals surface area contributed by atoms with Gasteiger partial charge in [-0.1, -0.05) is 34.1 Å². The molecule has 0 aromatic heterocycles. The van der Waals surface area contributed by atoms with Gasteiger partial charge in [-0.2, -0.15) is 0 Å². The summed E-state index contributed by atoms with van der Waals surface area (Å²) in [5.41, 5.74) is -0.415. The topological polar surface area (TPSA) is 27.7 Å². The molecule has 110 valence electrons. The zero-order valence-corrected chi connectivity index (χ0v) is 13.3. The summed E-state index contributed by atoms with van der Waals surface area (Å²) in [5, 5.41) is 0. The van der Waals surface area contributed by atoms with Crippen LogP contribution in [0, 0.1) is 5.92 Å². The smallest absolute Gasteiger partial charge is 0.103 e. The molecule has 0 aromatic rings.